The van der Waals surface area contributed by atoms with Gasteiger partial charge < -0.3 is 4.89 Å². The van der Waals surface area contributed by atoms with Crippen molar-refractivity contribution in [1.82, 2.24) is 9.57 Å². The summed E-state index contributed by atoms with van der Waals surface area (Å²) < 4.78 is 2.04. The average molecular weight is 334 g/mol. The summed E-state index contributed by atoms with van der Waals surface area (Å²) in [6, 6.07) is 4.16. The maximum atomic E-state index is 8.82. The van der Waals surface area contributed by atoms with Gasteiger partial charge in [-0.25, -0.2) is 0 Å². The van der Waals surface area contributed by atoms with Gasteiger partial charge in [0.15, 0.2) is 0 Å². The Morgan fingerprint density at radius 1 is 0.864 bits per heavy atom. The fraction of sp³-hybridized carbons (Fsp3) is 0.941. The van der Waals surface area contributed by atoms with Crippen LogP contribution < -0.4 is 0 Å². The van der Waals surface area contributed by atoms with Crippen LogP contribution in [0.2, 0.25) is 0 Å². The van der Waals surface area contributed by atoms with E-state index in [0.717, 1.165) is 6.54 Å². The molecule has 0 heterocycles. The van der Waals surface area contributed by atoms with E-state index in [1.807, 2.05) is 18.5 Å². The average Bonchev–Trinajstić information content (AvgIpc) is 2.41. The van der Waals surface area contributed by atoms with Crippen LogP contribution in [-0.4, -0.2) is 45.2 Å². The summed E-state index contributed by atoms with van der Waals surface area (Å²) in [4.78, 5) is 11.1. The lowest BCUT2D eigenvalue weighted by Crippen LogP contribution is -2.37. The topological polar surface area (TPSA) is 50.5 Å². The molecule has 0 rings (SSSR count). The van der Waals surface area contributed by atoms with E-state index in [0.29, 0.717) is 30.6 Å². The molecular weight excluding hydrogens is 293 g/mol. The smallest absolute Gasteiger partial charge is 0.0857 e. The van der Waals surface area contributed by atoms with Gasteiger partial charge in [0.05, 0.1) is 15.0 Å². The van der Waals surface area contributed by atoms with E-state index in [-0.39, 0.29) is 8.96 Å². The number of nitrogens with zero attached hydrogens (tertiary/aromatic N) is 3. The highest BCUT2D eigenvalue weighted by molar-refractivity contribution is 7.28. The van der Waals surface area contributed by atoms with Crippen molar-refractivity contribution >= 4 is 8.96 Å². The molecule has 0 saturated carbocycles. The van der Waals surface area contributed by atoms with E-state index in [4.69, 9.17) is 10.2 Å². The van der Waals surface area contributed by atoms with Gasteiger partial charge >= 0.3 is 0 Å². The van der Waals surface area contributed by atoms with Crippen molar-refractivity contribution in [3.63, 3.8) is 0 Å². The van der Waals surface area contributed by atoms with Crippen LogP contribution in [0.3, 0.4) is 0 Å². The second kappa shape index (κ2) is 17.2. The molecule has 1 atom stereocenters. The maximum absolute atomic E-state index is 8.82. The Hall–Kier alpha value is -0.200. The standard InChI is InChI=1S/C9H18N2.C6H16NOP.C2H6/c1-8(2)11(9(3)4)7-5-6-10;1-5(2)7(9-8)6(3)4;1-2/h8-9H,5,7H2,1-4H3;5-6,8-9H,1-4H3;1-2H3. The third-order valence-corrected chi connectivity index (χ3v) is 4.30. The van der Waals surface area contributed by atoms with Crippen LogP contribution >= 0.6 is 8.96 Å². The normalized spacial score (nSPS) is 11.3. The Bertz CT molecular complexity index is 247. The zero-order valence-corrected chi connectivity index (χ0v) is 17.5. The van der Waals surface area contributed by atoms with Crippen molar-refractivity contribution in [2.45, 2.75) is 99.8 Å². The molecule has 0 saturated heterocycles. The Labute approximate surface area is 141 Å². The molecule has 0 amide bonds. The van der Waals surface area contributed by atoms with Crippen LogP contribution in [0, 0.1) is 11.3 Å². The van der Waals surface area contributed by atoms with Crippen LogP contribution in [0.5, 0.6) is 0 Å². The third-order valence-electron chi connectivity index (χ3n) is 3.04. The zero-order chi connectivity index (χ0) is 18.3. The van der Waals surface area contributed by atoms with Crippen molar-refractivity contribution in [3.05, 3.63) is 0 Å². The lowest BCUT2D eigenvalue weighted by molar-refractivity contribution is 0.179. The first-order valence-electron chi connectivity index (χ1n) is 8.49. The predicted molar refractivity (Wildman–Crippen MR) is 101 cm³/mol. The summed E-state index contributed by atoms with van der Waals surface area (Å²) in [7, 11) is -0.0571. The molecule has 1 N–H and O–H groups in total. The Kier molecular flexibility index (Phi) is 20.8. The van der Waals surface area contributed by atoms with Crippen molar-refractivity contribution in [3.8, 4) is 6.07 Å². The number of nitriles is 1. The fourth-order valence-corrected chi connectivity index (χ4v) is 2.58. The number of hydrogen-bond donors (Lipinski definition) is 1. The Morgan fingerprint density at radius 3 is 1.36 bits per heavy atom. The second-order valence-corrected chi connectivity index (χ2v) is 6.74. The minimum absolute atomic E-state index is 0.0571. The molecule has 134 valence electrons. The van der Waals surface area contributed by atoms with Gasteiger partial charge in [-0.3, -0.25) is 9.57 Å². The summed E-state index contributed by atoms with van der Waals surface area (Å²) in [5.74, 6) is 0. The van der Waals surface area contributed by atoms with Gasteiger partial charge in [0.25, 0.3) is 0 Å². The Morgan fingerprint density at radius 2 is 1.23 bits per heavy atom. The fourth-order valence-electron chi connectivity index (χ4n) is 2.12. The molecular formula is C17H40N3OP. The summed E-state index contributed by atoms with van der Waals surface area (Å²) in [6.07, 6.45) is 0.635. The number of rotatable bonds is 7. The van der Waals surface area contributed by atoms with Crippen LogP contribution in [0.1, 0.15) is 75.7 Å². The van der Waals surface area contributed by atoms with E-state index < -0.39 is 0 Å². The Balaban J connectivity index is -0.000000299. The van der Waals surface area contributed by atoms with Gasteiger partial charge in [0, 0.05) is 37.1 Å². The van der Waals surface area contributed by atoms with Crippen LogP contribution in [0.15, 0.2) is 0 Å². The lowest BCUT2D eigenvalue weighted by atomic mass is 10.2. The van der Waals surface area contributed by atoms with Gasteiger partial charge in [-0.2, -0.15) is 5.26 Å². The van der Waals surface area contributed by atoms with Crippen LogP contribution in [-0.2, 0) is 0 Å². The van der Waals surface area contributed by atoms with E-state index in [2.05, 4.69) is 66.4 Å². The SMILES string of the molecule is CC.CC(C)N(CCC#N)C(C)C.CC(C)N(PO)C(C)C. The molecule has 0 aliphatic heterocycles. The van der Waals surface area contributed by atoms with Crippen molar-refractivity contribution in [1.29, 1.82) is 5.26 Å². The number of hydrogen-bond acceptors (Lipinski definition) is 4. The summed E-state index contributed by atoms with van der Waals surface area (Å²) in [5, 5.41) is 8.40. The van der Waals surface area contributed by atoms with Gasteiger partial charge in [-0.15, -0.1) is 0 Å². The largest absolute Gasteiger partial charge is 0.361 e. The molecule has 1 unspecified atom stereocenters. The molecule has 0 fully saturated rings. The first-order chi connectivity index (χ1) is 10.2. The summed E-state index contributed by atoms with van der Waals surface area (Å²) >= 11 is 0. The minimum atomic E-state index is -0.0571. The van der Waals surface area contributed by atoms with Gasteiger partial charge in [0.2, 0.25) is 0 Å². The molecule has 0 radical (unpaired) electrons. The van der Waals surface area contributed by atoms with E-state index >= 15 is 0 Å². The molecule has 0 aromatic rings. The quantitative estimate of drug-likeness (QED) is 0.689. The van der Waals surface area contributed by atoms with Crippen molar-refractivity contribution < 1.29 is 4.89 Å². The second-order valence-electron chi connectivity index (χ2n) is 6.03. The molecule has 0 aromatic carbocycles. The van der Waals surface area contributed by atoms with E-state index in [9.17, 15) is 0 Å². The predicted octanol–water partition coefficient (Wildman–Crippen LogP) is 4.65. The minimum Gasteiger partial charge on any atom is -0.361 e. The van der Waals surface area contributed by atoms with E-state index in [1.54, 1.807) is 0 Å². The van der Waals surface area contributed by atoms with Gasteiger partial charge in [0.1, 0.15) is 0 Å². The molecule has 0 aliphatic carbocycles. The summed E-state index contributed by atoms with van der Waals surface area (Å²) in [6.45, 7) is 21.9. The van der Waals surface area contributed by atoms with Crippen LogP contribution in [0.25, 0.3) is 0 Å². The van der Waals surface area contributed by atoms with Crippen LogP contribution in [0.4, 0.5) is 0 Å². The molecule has 22 heavy (non-hydrogen) atoms. The van der Waals surface area contributed by atoms with Gasteiger partial charge in [-0.05, 0) is 55.4 Å². The van der Waals surface area contributed by atoms with Crippen molar-refractivity contribution in [2.75, 3.05) is 6.54 Å². The molecule has 5 heteroatoms. The highest BCUT2D eigenvalue weighted by Crippen LogP contribution is 2.19. The maximum Gasteiger partial charge on any atom is 0.0857 e. The van der Waals surface area contributed by atoms with Crippen molar-refractivity contribution in [2.24, 2.45) is 0 Å². The first kappa shape index (κ1) is 26.7. The zero-order valence-electron chi connectivity index (χ0n) is 16.5. The monoisotopic (exact) mass is 333 g/mol. The molecule has 0 aromatic heterocycles. The first-order valence-corrected chi connectivity index (χ1v) is 9.39. The molecule has 0 bridgehead atoms. The molecule has 0 aliphatic rings. The lowest BCUT2D eigenvalue weighted by Gasteiger charge is -2.29. The highest BCUT2D eigenvalue weighted by Gasteiger charge is 2.11. The van der Waals surface area contributed by atoms with Gasteiger partial charge in [-0.1, -0.05) is 13.8 Å². The summed E-state index contributed by atoms with van der Waals surface area (Å²) in [5.41, 5.74) is 0. The van der Waals surface area contributed by atoms with E-state index in [1.165, 1.54) is 0 Å². The third kappa shape index (κ3) is 14.7. The molecule has 4 nitrogen and oxygen atoms in total. The molecule has 0 spiro atoms. The highest BCUT2D eigenvalue weighted by atomic mass is 31.1.